The van der Waals surface area contributed by atoms with Gasteiger partial charge in [-0.3, -0.25) is 4.79 Å². The molecular formula is C12H6F2IN5OS. The minimum atomic E-state index is -0.734. The summed E-state index contributed by atoms with van der Waals surface area (Å²) in [6.45, 7) is 0. The van der Waals surface area contributed by atoms with Crippen LogP contribution in [0.4, 0.5) is 14.5 Å². The van der Waals surface area contributed by atoms with E-state index in [9.17, 15) is 13.6 Å². The summed E-state index contributed by atoms with van der Waals surface area (Å²) in [5.41, 5.74) is 0.524. The van der Waals surface area contributed by atoms with Crippen LogP contribution in [0.25, 0.3) is 5.69 Å². The minimum Gasteiger partial charge on any atom is -0.321 e. The molecule has 0 aliphatic rings. The van der Waals surface area contributed by atoms with Crippen LogP contribution < -0.4 is 5.32 Å². The molecule has 3 rings (SSSR count). The smallest absolute Gasteiger partial charge is 0.267 e. The Morgan fingerprint density at radius 2 is 2.05 bits per heavy atom. The molecule has 0 unspecified atom stereocenters. The third kappa shape index (κ3) is 2.83. The molecule has 0 bridgehead atoms. The summed E-state index contributed by atoms with van der Waals surface area (Å²) in [7, 11) is 0. The van der Waals surface area contributed by atoms with Crippen LogP contribution in [0.3, 0.4) is 0 Å². The lowest BCUT2D eigenvalue weighted by Gasteiger charge is -2.07. The lowest BCUT2D eigenvalue weighted by atomic mass is 10.3. The lowest BCUT2D eigenvalue weighted by Crippen LogP contribution is -2.13. The van der Waals surface area contributed by atoms with E-state index in [1.807, 2.05) is 0 Å². The molecule has 0 aliphatic heterocycles. The van der Waals surface area contributed by atoms with Crippen molar-refractivity contribution in [1.82, 2.24) is 20.2 Å². The fourth-order valence-electron chi connectivity index (χ4n) is 1.74. The minimum absolute atomic E-state index is 0.0384. The number of halogens is 3. The summed E-state index contributed by atoms with van der Waals surface area (Å²) < 4.78 is 28.2. The number of thiophene rings is 1. The van der Waals surface area contributed by atoms with Crippen LogP contribution in [0.5, 0.6) is 0 Å². The first-order valence-electron chi connectivity index (χ1n) is 5.83. The number of hydrogen-bond donors (Lipinski definition) is 1. The zero-order chi connectivity index (χ0) is 15.7. The highest BCUT2D eigenvalue weighted by atomic mass is 127. The molecule has 0 aliphatic carbocycles. The molecule has 1 aromatic carbocycles. The average Bonchev–Trinajstić information content (AvgIpc) is 3.14. The van der Waals surface area contributed by atoms with Gasteiger partial charge in [0.25, 0.3) is 5.91 Å². The van der Waals surface area contributed by atoms with Crippen molar-refractivity contribution in [2.75, 3.05) is 5.32 Å². The summed E-state index contributed by atoms with van der Waals surface area (Å²) in [6, 6.07) is 3.80. The van der Waals surface area contributed by atoms with Gasteiger partial charge >= 0.3 is 0 Å². The Bertz CT molecular complexity index is 813. The summed E-state index contributed by atoms with van der Waals surface area (Å²) in [6.07, 6.45) is 1.35. The number of benzene rings is 1. The molecular weight excluding hydrogens is 427 g/mol. The van der Waals surface area contributed by atoms with Crippen molar-refractivity contribution in [1.29, 1.82) is 0 Å². The van der Waals surface area contributed by atoms with E-state index in [2.05, 4.69) is 20.8 Å². The Hall–Kier alpha value is -1.95. The van der Waals surface area contributed by atoms with Crippen LogP contribution in [0, 0.1) is 15.2 Å². The van der Waals surface area contributed by atoms with E-state index in [1.165, 1.54) is 22.3 Å². The Morgan fingerprint density at radius 1 is 1.32 bits per heavy atom. The zero-order valence-corrected chi connectivity index (χ0v) is 13.6. The molecule has 0 saturated carbocycles. The number of tetrazole rings is 1. The fraction of sp³-hybridized carbons (Fsp3) is 0. The van der Waals surface area contributed by atoms with Gasteiger partial charge in [-0.25, -0.2) is 8.78 Å². The zero-order valence-electron chi connectivity index (χ0n) is 10.6. The number of carbonyl (C=O) groups excluding carboxylic acids is 1. The number of carbonyl (C=O) groups is 1. The first kappa shape index (κ1) is 15.0. The molecule has 3 aromatic rings. The fourth-order valence-corrected chi connectivity index (χ4v) is 2.82. The maximum Gasteiger partial charge on any atom is 0.267 e. The van der Waals surface area contributed by atoms with Crippen LogP contribution in [0.15, 0.2) is 29.9 Å². The van der Waals surface area contributed by atoms with Gasteiger partial charge in [0.15, 0.2) is 0 Å². The molecule has 6 nitrogen and oxygen atoms in total. The van der Waals surface area contributed by atoms with E-state index in [-0.39, 0.29) is 9.26 Å². The number of aromatic nitrogens is 4. The van der Waals surface area contributed by atoms with E-state index in [4.69, 9.17) is 0 Å². The highest BCUT2D eigenvalue weighted by Gasteiger charge is 2.17. The van der Waals surface area contributed by atoms with Gasteiger partial charge in [0, 0.05) is 5.69 Å². The third-order valence-corrected chi connectivity index (χ3v) is 4.62. The summed E-state index contributed by atoms with van der Waals surface area (Å²) in [5.74, 6) is -1.97. The number of rotatable bonds is 3. The van der Waals surface area contributed by atoms with Crippen molar-refractivity contribution in [3.05, 3.63) is 50.0 Å². The van der Waals surface area contributed by atoms with Gasteiger partial charge in [-0.2, -0.15) is 4.68 Å². The van der Waals surface area contributed by atoms with Crippen molar-refractivity contribution < 1.29 is 13.6 Å². The first-order chi connectivity index (χ1) is 10.6. The molecule has 112 valence electrons. The molecule has 0 spiro atoms. The number of hydrogen-bond acceptors (Lipinski definition) is 5. The molecule has 1 N–H and O–H groups in total. The van der Waals surface area contributed by atoms with Gasteiger partial charge in [0.1, 0.15) is 22.8 Å². The van der Waals surface area contributed by atoms with Crippen molar-refractivity contribution in [2.45, 2.75) is 0 Å². The number of nitrogens with one attached hydrogen (secondary N) is 1. The highest BCUT2D eigenvalue weighted by molar-refractivity contribution is 14.1. The van der Waals surface area contributed by atoms with E-state index in [0.717, 1.165) is 12.1 Å². The molecule has 2 heterocycles. The van der Waals surface area contributed by atoms with Crippen LogP contribution in [0.2, 0.25) is 0 Å². The largest absolute Gasteiger partial charge is 0.321 e. The maximum absolute atomic E-state index is 13.5. The molecule has 0 atom stereocenters. The maximum atomic E-state index is 13.5. The molecule has 22 heavy (non-hydrogen) atoms. The highest BCUT2D eigenvalue weighted by Crippen LogP contribution is 2.24. The second-order valence-corrected chi connectivity index (χ2v) is 6.09. The van der Waals surface area contributed by atoms with E-state index < -0.39 is 17.5 Å². The van der Waals surface area contributed by atoms with Gasteiger partial charge < -0.3 is 5.32 Å². The number of amides is 1. The number of nitrogens with zero attached hydrogens (tertiary/aromatic N) is 4. The van der Waals surface area contributed by atoms with Crippen molar-refractivity contribution in [3.63, 3.8) is 0 Å². The van der Waals surface area contributed by atoms with Crippen molar-refractivity contribution in [3.8, 4) is 5.69 Å². The summed E-state index contributed by atoms with van der Waals surface area (Å²) in [5, 5.41) is 14.9. The van der Waals surface area contributed by atoms with E-state index in [0.29, 0.717) is 10.6 Å². The Labute approximate surface area is 140 Å². The second kappa shape index (κ2) is 6.04. The third-order valence-electron chi connectivity index (χ3n) is 2.69. The average molecular weight is 433 g/mol. The lowest BCUT2D eigenvalue weighted by molar-refractivity contribution is 0.103. The predicted molar refractivity (Wildman–Crippen MR) is 84.1 cm³/mol. The van der Waals surface area contributed by atoms with Crippen LogP contribution in [0.1, 0.15) is 9.67 Å². The van der Waals surface area contributed by atoms with Crippen LogP contribution in [-0.4, -0.2) is 26.1 Å². The van der Waals surface area contributed by atoms with Crippen LogP contribution in [-0.2, 0) is 0 Å². The Morgan fingerprint density at radius 3 is 2.68 bits per heavy atom. The van der Waals surface area contributed by atoms with Crippen molar-refractivity contribution >= 4 is 45.5 Å². The second-order valence-electron chi connectivity index (χ2n) is 4.10. The molecule has 0 saturated heterocycles. The van der Waals surface area contributed by atoms with Crippen LogP contribution >= 0.6 is 33.9 Å². The van der Waals surface area contributed by atoms with Crippen molar-refractivity contribution in [2.24, 2.45) is 0 Å². The van der Waals surface area contributed by atoms with Gasteiger partial charge in [0.2, 0.25) is 0 Å². The molecule has 0 radical (unpaired) electrons. The van der Waals surface area contributed by atoms with Gasteiger partial charge in [-0.1, -0.05) is 0 Å². The van der Waals surface area contributed by atoms with Gasteiger partial charge in [-0.15, -0.1) is 16.4 Å². The first-order valence-corrected chi connectivity index (χ1v) is 7.79. The predicted octanol–water partition coefficient (Wildman–Crippen LogP) is 2.86. The molecule has 2 aromatic heterocycles. The van der Waals surface area contributed by atoms with Gasteiger partial charge in [0.05, 0.1) is 9.26 Å². The van der Waals surface area contributed by atoms with Gasteiger partial charge in [-0.05, 0) is 56.6 Å². The quantitative estimate of drug-likeness (QED) is 0.510. The topological polar surface area (TPSA) is 72.7 Å². The molecule has 10 heteroatoms. The normalized spacial score (nSPS) is 10.7. The monoisotopic (exact) mass is 433 g/mol. The molecule has 0 fully saturated rings. The van der Waals surface area contributed by atoms with E-state index in [1.54, 1.807) is 34.0 Å². The SMILES string of the molecule is O=C(Nc1cc(F)c(I)c(F)c1)c1sccc1-n1cnnn1. The summed E-state index contributed by atoms with van der Waals surface area (Å²) in [4.78, 5) is 12.6. The summed E-state index contributed by atoms with van der Waals surface area (Å²) >= 11 is 2.73. The standard InChI is InChI=1S/C12H6F2IN5OS/c13-7-3-6(4-8(14)10(7)15)17-12(21)11-9(1-2-22-11)20-5-16-18-19-20/h1-5H,(H,17,21). The number of anilines is 1. The Kier molecular flexibility index (Phi) is 4.11. The Balaban J connectivity index is 1.89. The molecule has 1 amide bonds. The van der Waals surface area contributed by atoms with E-state index >= 15 is 0 Å².